The molecule has 0 aliphatic heterocycles. The highest BCUT2D eigenvalue weighted by molar-refractivity contribution is 5.33. The quantitative estimate of drug-likeness (QED) is 0.856. The summed E-state index contributed by atoms with van der Waals surface area (Å²) in [6.45, 7) is 0.825. The van der Waals surface area contributed by atoms with Crippen LogP contribution in [-0.4, -0.2) is 12.2 Å². The van der Waals surface area contributed by atoms with Crippen LogP contribution in [0.4, 0.5) is 0 Å². The van der Waals surface area contributed by atoms with Crippen molar-refractivity contribution in [1.29, 1.82) is 0 Å². The van der Waals surface area contributed by atoms with Crippen LogP contribution in [0.3, 0.4) is 0 Å². The third kappa shape index (κ3) is 3.35. The van der Waals surface area contributed by atoms with Crippen molar-refractivity contribution < 1.29 is 14.3 Å². The molecule has 1 heterocycles. The van der Waals surface area contributed by atoms with Gasteiger partial charge in [-0.15, -0.1) is 0 Å². The van der Waals surface area contributed by atoms with E-state index in [0.717, 1.165) is 17.6 Å². The molecular formula is C14H15NO4. The van der Waals surface area contributed by atoms with Crippen molar-refractivity contribution >= 4 is 0 Å². The molecule has 5 heteroatoms. The van der Waals surface area contributed by atoms with Crippen molar-refractivity contribution in [3.8, 4) is 11.5 Å². The molecule has 0 fully saturated rings. The minimum absolute atomic E-state index is 0.135. The third-order valence-electron chi connectivity index (χ3n) is 2.58. The Hall–Kier alpha value is -2.27. The average Bonchev–Trinajstić information content (AvgIpc) is 2.42. The number of rotatable bonds is 5. The lowest BCUT2D eigenvalue weighted by atomic mass is 10.2. The Morgan fingerprint density at radius 1 is 1.37 bits per heavy atom. The summed E-state index contributed by atoms with van der Waals surface area (Å²) in [7, 11) is 1.86. The molecule has 1 aromatic heterocycles. The van der Waals surface area contributed by atoms with Gasteiger partial charge in [0, 0.05) is 18.2 Å². The first-order chi connectivity index (χ1) is 9.20. The van der Waals surface area contributed by atoms with Crippen molar-refractivity contribution in [2.75, 3.05) is 7.05 Å². The maximum atomic E-state index is 11.2. The zero-order chi connectivity index (χ0) is 13.7. The molecule has 19 heavy (non-hydrogen) atoms. The van der Waals surface area contributed by atoms with Gasteiger partial charge < -0.3 is 19.6 Å². The predicted molar refractivity (Wildman–Crippen MR) is 70.2 cm³/mol. The van der Waals surface area contributed by atoms with Crippen molar-refractivity contribution in [1.82, 2.24) is 5.32 Å². The van der Waals surface area contributed by atoms with E-state index in [9.17, 15) is 4.79 Å². The van der Waals surface area contributed by atoms with Crippen LogP contribution in [0.25, 0.3) is 0 Å². The smallest absolute Gasteiger partial charge is 0.226 e. The molecule has 0 saturated heterocycles. The van der Waals surface area contributed by atoms with E-state index in [1.807, 2.05) is 31.3 Å². The van der Waals surface area contributed by atoms with E-state index in [1.54, 1.807) is 0 Å². The minimum Gasteiger partial charge on any atom is -0.502 e. The number of aromatic hydroxyl groups is 1. The first-order valence-corrected chi connectivity index (χ1v) is 5.86. The van der Waals surface area contributed by atoms with Crippen LogP contribution in [0.15, 0.2) is 45.8 Å². The van der Waals surface area contributed by atoms with Crippen molar-refractivity contribution in [3.63, 3.8) is 0 Å². The number of para-hydroxylation sites is 1. The van der Waals surface area contributed by atoms with Crippen LogP contribution < -0.4 is 15.5 Å². The van der Waals surface area contributed by atoms with E-state index in [4.69, 9.17) is 14.3 Å². The highest BCUT2D eigenvalue weighted by atomic mass is 16.5. The largest absolute Gasteiger partial charge is 0.502 e. The molecule has 0 unspecified atom stereocenters. The second-order valence-electron chi connectivity index (χ2n) is 4.02. The van der Waals surface area contributed by atoms with Crippen LogP contribution in [0.1, 0.15) is 11.3 Å². The fourth-order valence-electron chi connectivity index (χ4n) is 1.65. The lowest BCUT2D eigenvalue weighted by molar-refractivity contribution is 0.260. The number of hydrogen-bond acceptors (Lipinski definition) is 5. The molecule has 0 aliphatic rings. The van der Waals surface area contributed by atoms with E-state index >= 15 is 0 Å². The Labute approximate surface area is 110 Å². The maximum Gasteiger partial charge on any atom is 0.226 e. The molecule has 2 N–H and O–H groups in total. The molecule has 0 spiro atoms. The van der Waals surface area contributed by atoms with Gasteiger partial charge in [0.25, 0.3) is 0 Å². The van der Waals surface area contributed by atoms with Crippen LogP contribution in [-0.2, 0) is 13.2 Å². The van der Waals surface area contributed by atoms with E-state index < -0.39 is 11.2 Å². The van der Waals surface area contributed by atoms with E-state index in [-0.39, 0.29) is 6.61 Å². The Morgan fingerprint density at radius 3 is 2.89 bits per heavy atom. The summed E-state index contributed by atoms with van der Waals surface area (Å²) in [5, 5.41) is 12.1. The van der Waals surface area contributed by atoms with Gasteiger partial charge in [-0.25, -0.2) is 0 Å². The average molecular weight is 261 g/mol. The summed E-state index contributed by atoms with van der Waals surface area (Å²) >= 11 is 0. The molecule has 0 radical (unpaired) electrons. The zero-order valence-corrected chi connectivity index (χ0v) is 10.6. The van der Waals surface area contributed by atoms with Crippen LogP contribution in [0, 0.1) is 0 Å². The number of ether oxygens (including phenoxy) is 1. The van der Waals surface area contributed by atoms with Crippen LogP contribution in [0.2, 0.25) is 0 Å². The maximum absolute atomic E-state index is 11.2. The van der Waals surface area contributed by atoms with Crippen molar-refractivity contribution in [3.05, 3.63) is 58.1 Å². The normalized spacial score (nSPS) is 10.4. The number of hydrogen-bond donors (Lipinski definition) is 2. The minimum atomic E-state index is -0.478. The Morgan fingerprint density at radius 2 is 2.16 bits per heavy atom. The van der Waals surface area contributed by atoms with Gasteiger partial charge >= 0.3 is 0 Å². The van der Waals surface area contributed by atoms with Gasteiger partial charge in [-0.3, -0.25) is 4.79 Å². The molecule has 2 aromatic rings. The van der Waals surface area contributed by atoms with E-state index in [2.05, 4.69) is 5.32 Å². The summed E-state index contributed by atoms with van der Waals surface area (Å²) in [6, 6.07) is 8.84. The second kappa shape index (κ2) is 6.06. The van der Waals surface area contributed by atoms with E-state index in [0.29, 0.717) is 12.3 Å². The molecule has 0 atom stereocenters. The summed E-state index contributed by atoms with van der Waals surface area (Å²) < 4.78 is 10.7. The Bertz CT molecular complexity index is 606. The number of benzene rings is 1. The Balaban J connectivity index is 2.09. The lowest BCUT2D eigenvalue weighted by Crippen LogP contribution is -2.08. The van der Waals surface area contributed by atoms with Gasteiger partial charge in [0.1, 0.15) is 24.4 Å². The summed E-state index contributed by atoms with van der Waals surface area (Å²) in [4.78, 5) is 11.2. The summed E-state index contributed by atoms with van der Waals surface area (Å²) in [6.07, 6.45) is 1.01. The fourth-order valence-corrected chi connectivity index (χ4v) is 1.65. The molecule has 0 saturated carbocycles. The zero-order valence-electron chi connectivity index (χ0n) is 10.6. The first-order valence-electron chi connectivity index (χ1n) is 5.86. The molecule has 0 amide bonds. The van der Waals surface area contributed by atoms with Gasteiger partial charge in [-0.1, -0.05) is 18.2 Å². The van der Waals surface area contributed by atoms with Crippen LogP contribution >= 0.6 is 0 Å². The van der Waals surface area contributed by atoms with Crippen molar-refractivity contribution in [2.45, 2.75) is 13.2 Å². The van der Waals surface area contributed by atoms with Gasteiger partial charge in [0.05, 0.1) is 0 Å². The molecular weight excluding hydrogens is 246 g/mol. The van der Waals surface area contributed by atoms with Crippen LogP contribution in [0.5, 0.6) is 11.5 Å². The monoisotopic (exact) mass is 261 g/mol. The predicted octanol–water partition coefficient (Wildman–Crippen LogP) is 1.64. The first kappa shape index (κ1) is 13.2. The molecule has 100 valence electrons. The van der Waals surface area contributed by atoms with Gasteiger partial charge in [-0.05, 0) is 13.1 Å². The van der Waals surface area contributed by atoms with E-state index in [1.165, 1.54) is 6.07 Å². The lowest BCUT2D eigenvalue weighted by Gasteiger charge is -2.10. The molecule has 2 rings (SSSR count). The van der Waals surface area contributed by atoms with Gasteiger partial charge in [0.15, 0.2) is 5.75 Å². The highest BCUT2D eigenvalue weighted by Crippen LogP contribution is 2.19. The molecule has 0 aliphatic carbocycles. The standard InChI is InChI=1S/C14H15NO4/c1-15-7-10-4-2-3-5-14(10)19-8-11-6-12(16)13(17)9-18-11/h2-6,9,15,17H,7-8H2,1H3. The second-order valence-corrected chi connectivity index (χ2v) is 4.02. The molecule has 5 nitrogen and oxygen atoms in total. The van der Waals surface area contributed by atoms with Gasteiger partial charge in [-0.2, -0.15) is 0 Å². The topological polar surface area (TPSA) is 71.7 Å². The summed E-state index contributed by atoms with van der Waals surface area (Å²) in [5.74, 6) is 0.689. The number of nitrogens with one attached hydrogen (secondary N) is 1. The highest BCUT2D eigenvalue weighted by Gasteiger charge is 2.05. The SMILES string of the molecule is CNCc1ccccc1OCc1cc(=O)c(O)co1. The van der Waals surface area contributed by atoms with Crippen molar-refractivity contribution in [2.24, 2.45) is 0 Å². The summed E-state index contributed by atoms with van der Waals surface area (Å²) in [5.41, 5.74) is 0.541. The third-order valence-corrected chi connectivity index (χ3v) is 2.58. The fraction of sp³-hybridized carbons (Fsp3) is 0.214. The molecule has 0 bridgehead atoms. The molecule has 1 aromatic carbocycles. The Kier molecular flexibility index (Phi) is 4.20. The van der Waals surface area contributed by atoms with Gasteiger partial charge in [0.2, 0.25) is 5.43 Å².